The van der Waals surface area contributed by atoms with Crippen LogP contribution in [-0.2, 0) is 6.54 Å². The van der Waals surface area contributed by atoms with Crippen molar-refractivity contribution in [1.29, 1.82) is 0 Å². The molecular weight excluding hydrogens is 368 g/mol. The van der Waals surface area contributed by atoms with Crippen molar-refractivity contribution in [1.82, 2.24) is 14.9 Å². The fourth-order valence-corrected chi connectivity index (χ4v) is 6.47. The highest BCUT2D eigenvalue weighted by Crippen LogP contribution is 2.45. The molecule has 5 rings (SSSR count). The quantitative estimate of drug-likeness (QED) is 0.690. The van der Waals surface area contributed by atoms with Crippen molar-refractivity contribution >= 4 is 23.3 Å². The summed E-state index contributed by atoms with van der Waals surface area (Å²) >= 11 is 1.68. The van der Waals surface area contributed by atoms with Crippen LogP contribution in [-0.4, -0.2) is 39.7 Å². The Balaban J connectivity index is 1.30. The average Bonchev–Trinajstić information content (AvgIpc) is 2.71. The Hall–Kier alpha value is -1.63. The van der Waals surface area contributed by atoms with E-state index in [9.17, 15) is 5.11 Å². The number of aliphatic hydroxyl groups is 1. The maximum Gasteiger partial charge on any atom is 0.163 e. The Kier molecular flexibility index (Phi) is 5.03. The van der Waals surface area contributed by atoms with Gasteiger partial charge in [0.2, 0.25) is 0 Å². The lowest BCUT2D eigenvalue weighted by atomic mass is 9.64. The zero-order valence-electron chi connectivity index (χ0n) is 16.3. The molecule has 1 saturated heterocycles. The summed E-state index contributed by atoms with van der Waals surface area (Å²) < 4.78 is 0. The van der Waals surface area contributed by atoms with Gasteiger partial charge in [0.25, 0.3) is 0 Å². The third-order valence-corrected chi connectivity index (χ3v) is 7.81. The number of hydrogen-bond acceptors (Lipinski definition) is 6. The molecule has 28 heavy (non-hydrogen) atoms. The highest BCUT2D eigenvalue weighted by atomic mass is 32.2. The van der Waals surface area contributed by atoms with Crippen molar-refractivity contribution in [2.75, 3.05) is 25.0 Å². The summed E-state index contributed by atoms with van der Waals surface area (Å²) in [5.41, 5.74) is 2.49. The molecule has 2 aromatic rings. The number of hydrogen-bond donors (Lipinski definition) is 2. The second-order valence-corrected chi connectivity index (χ2v) is 9.68. The fourth-order valence-electron chi connectivity index (χ4n) is 5.59. The number of nitrogens with one attached hydrogen (secondary N) is 1. The molecule has 2 N–H and O–H groups in total. The third-order valence-electron chi connectivity index (χ3n) is 6.74. The number of likely N-dealkylation sites (tertiary alicyclic amines) is 1. The van der Waals surface area contributed by atoms with Crippen LogP contribution in [0, 0.1) is 23.7 Å². The summed E-state index contributed by atoms with van der Waals surface area (Å²) in [7, 11) is 0. The van der Waals surface area contributed by atoms with Gasteiger partial charge in [0.15, 0.2) is 5.82 Å². The van der Waals surface area contributed by atoms with Crippen LogP contribution in [0.2, 0.25) is 0 Å². The van der Waals surface area contributed by atoms with E-state index in [1.807, 2.05) is 0 Å². The molecule has 148 valence electrons. The topological polar surface area (TPSA) is 61.3 Å². The first-order chi connectivity index (χ1) is 13.7. The van der Waals surface area contributed by atoms with Crippen LogP contribution in [0.1, 0.15) is 31.7 Å². The minimum absolute atomic E-state index is 0.330. The summed E-state index contributed by atoms with van der Waals surface area (Å²) in [6.45, 7) is 5.90. The number of benzene rings is 1. The van der Waals surface area contributed by atoms with E-state index in [1.54, 1.807) is 24.2 Å². The first-order valence-electron chi connectivity index (χ1n) is 10.4. The van der Waals surface area contributed by atoms with Crippen LogP contribution in [0.3, 0.4) is 0 Å². The summed E-state index contributed by atoms with van der Waals surface area (Å²) in [6, 6.07) is 6.74. The van der Waals surface area contributed by atoms with Gasteiger partial charge >= 0.3 is 0 Å². The molecule has 1 aromatic heterocycles. The zero-order valence-corrected chi connectivity index (χ0v) is 17.2. The van der Waals surface area contributed by atoms with E-state index in [1.165, 1.54) is 42.8 Å². The van der Waals surface area contributed by atoms with Gasteiger partial charge in [-0.2, -0.15) is 0 Å². The lowest BCUT2D eigenvalue weighted by Crippen LogP contribution is -2.50. The molecule has 6 heteroatoms. The van der Waals surface area contributed by atoms with Gasteiger partial charge < -0.3 is 10.4 Å². The predicted molar refractivity (Wildman–Crippen MR) is 112 cm³/mol. The SMILES string of the molecule is CC(CO)C1C2CCCC1CN(Cc1ccc3c(c1)Nc1nccnc1S3)C2. The van der Waals surface area contributed by atoms with Crippen molar-refractivity contribution in [2.45, 2.75) is 42.7 Å². The van der Waals surface area contributed by atoms with E-state index >= 15 is 0 Å². The maximum absolute atomic E-state index is 9.69. The van der Waals surface area contributed by atoms with Crippen LogP contribution in [0.4, 0.5) is 11.5 Å². The second-order valence-electron chi connectivity index (χ2n) is 8.65. The fraction of sp³-hybridized carbons (Fsp3) is 0.545. The number of anilines is 2. The van der Waals surface area contributed by atoms with Crippen LogP contribution < -0.4 is 5.32 Å². The van der Waals surface area contributed by atoms with Crippen molar-refractivity contribution in [3.8, 4) is 0 Å². The average molecular weight is 397 g/mol. The Morgan fingerprint density at radius 1 is 1.21 bits per heavy atom. The van der Waals surface area contributed by atoms with E-state index in [2.05, 4.69) is 45.3 Å². The Labute approximate surface area is 171 Å². The van der Waals surface area contributed by atoms with Crippen LogP contribution in [0.25, 0.3) is 0 Å². The molecule has 3 unspecified atom stereocenters. The molecular formula is C22H28N4OS. The number of fused-ring (bicyclic) bond motifs is 4. The molecule has 2 aliphatic heterocycles. The molecule has 0 amide bonds. The van der Waals surface area contributed by atoms with E-state index in [0.717, 1.165) is 34.9 Å². The first-order valence-corrected chi connectivity index (χ1v) is 11.2. The van der Waals surface area contributed by atoms with Gasteiger partial charge in [-0.3, -0.25) is 4.90 Å². The summed E-state index contributed by atoms with van der Waals surface area (Å²) in [5.74, 6) is 3.46. The molecule has 3 heterocycles. The highest BCUT2D eigenvalue weighted by Gasteiger charge is 2.41. The van der Waals surface area contributed by atoms with Crippen molar-refractivity contribution in [2.24, 2.45) is 23.7 Å². The molecule has 3 aliphatic rings. The van der Waals surface area contributed by atoms with Gasteiger partial charge in [0.05, 0.1) is 5.69 Å². The summed E-state index contributed by atoms with van der Waals surface area (Å²) in [5, 5.41) is 14.1. The van der Waals surface area contributed by atoms with E-state index in [4.69, 9.17) is 0 Å². The van der Waals surface area contributed by atoms with Gasteiger partial charge in [-0.1, -0.05) is 31.2 Å². The molecule has 5 nitrogen and oxygen atoms in total. The Morgan fingerprint density at radius 2 is 2.00 bits per heavy atom. The molecule has 1 aliphatic carbocycles. The molecule has 3 atom stereocenters. The largest absolute Gasteiger partial charge is 0.396 e. The van der Waals surface area contributed by atoms with E-state index in [-0.39, 0.29) is 0 Å². The lowest BCUT2D eigenvalue weighted by molar-refractivity contribution is -0.0210. The van der Waals surface area contributed by atoms with Crippen molar-refractivity contribution in [3.63, 3.8) is 0 Å². The van der Waals surface area contributed by atoms with Crippen molar-refractivity contribution in [3.05, 3.63) is 36.2 Å². The number of nitrogens with zero attached hydrogens (tertiary/aromatic N) is 3. The van der Waals surface area contributed by atoms with E-state index in [0.29, 0.717) is 18.4 Å². The molecule has 0 spiro atoms. The van der Waals surface area contributed by atoms with Crippen LogP contribution in [0.15, 0.2) is 40.5 Å². The smallest absolute Gasteiger partial charge is 0.163 e. The molecule has 1 saturated carbocycles. The minimum atomic E-state index is 0.330. The van der Waals surface area contributed by atoms with Crippen LogP contribution in [0.5, 0.6) is 0 Å². The molecule has 2 fully saturated rings. The summed E-state index contributed by atoms with van der Waals surface area (Å²) in [4.78, 5) is 12.7. The minimum Gasteiger partial charge on any atom is -0.396 e. The van der Waals surface area contributed by atoms with E-state index < -0.39 is 0 Å². The number of rotatable bonds is 4. The normalized spacial score (nSPS) is 27.4. The van der Waals surface area contributed by atoms with Gasteiger partial charge in [0, 0.05) is 43.5 Å². The monoisotopic (exact) mass is 396 g/mol. The predicted octanol–water partition coefficient (Wildman–Crippen LogP) is 4.16. The van der Waals surface area contributed by atoms with Gasteiger partial charge in [-0.15, -0.1) is 0 Å². The third kappa shape index (κ3) is 3.42. The molecule has 1 aromatic carbocycles. The Bertz CT molecular complexity index is 846. The second kappa shape index (κ2) is 7.65. The van der Waals surface area contributed by atoms with Gasteiger partial charge in [0.1, 0.15) is 5.03 Å². The number of piperidine rings is 1. The number of aliphatic hydroxyl groups excluding tert-OH is 1. The zero-order chi connectivity index (χ0) is 19.1. The summed E-state index contributed by atoms with van der Waals surface area (Å²) in [6.07, 6.45) is 7.47. The molecule has 0 radical (unpaired) electrons. The standard InChI is InChI=1S/C22H28N4OS/c1-14(13-27)20-16-3-2-4-17(20)12-26(11-16)10-15-5-6-19-18(9-15)25-21-22(28-19)24-8-7-23-21/h5-9,14,16-17,20,27H,2-4,10-13H2,1H3,(H,23,25). The van der Waals surface area contributed by atoms with Crippen LogP contribution >= 0.6 is 11.8 Å². The Morgan fingerprint density at radius 3 is 2.79 bits per heavy atom. The van der Waals surface area contributed by atoms with Gasteiger partial charge in [-0.25, -0.2) is 9.97 Å². The highest BCUT2D eigenvalue weighted by molar-refractivity contribution is 7.99. The van der Waals surface area contributed by atoms with Gasteiger partial charge in [-0.05, 0) is 54.2 Å². The van der Waals surface area contributed by atoms with Crippen molar-refractivity contribution < 1.29 is 5.11 Å². The number of aromatic nitrogens is 2. The maximum atomic E-state index is 9.69. The lowest BCUT2D eigenvalue weighted by Gasteiger charge is -2.49. The first kappa shape index (κ1) is 18.4. The molecule has 2 bridgehead atoms.